The maximum Gasteiger partial charge on any atom is 0.178 e. The van der Waals surface area contributed by atoms with Crippen LogP contribution in [0.4, 0.5) is 0 Å². The number of nitrogens with zero attached hydrogens (tertiary/aromatic N) is 1. The maximum atomic E-state index is 5.51. The molecule has 1 fully saturated rings. The lowest BCUT2D eigenvalue weighted by molar-refractivity contribution is 0.269. The van der Waals surface area contributed by atoms with Gasteiger partial charge in [0.1, 0.15) is 0 Å². The van der Waals surface area contributed by atoms with Crippen molar-refractivity contribution in [2.75, 3.05) is 0 Å². The quantitative estimate of drug-likeness (QED) is 0.768. The van der Waals surface area contributed by atoms with Gasteiger partial charge in [-0.3, -0.25) is 0 Å². The highest BCUT2D eigenvalue weighted by Crippen LogP contribution is 2.31. The molecule has 1 aromatic carbocycles. The van der Waals surface area contributed by atoms with E-state index in [1.165, 1.54) is 48.7 Å². The summed E-state index contributed by atoms with van der Waals surface area (Å²) in [4.78, 5) is 3.37. The molecule has 0 amide bonds. The molecule has 2 aromatic rings. The minimum absolute atomic E-state index is 0.874. The number of para-hydroxylation sites is 1. The summed E-state index contributed by atoms with van der Waals surface area (Å²) >= 11 is 5.51. The highest BCUT2D eigenvalue weighted by atomic mass is 32.1. The van der Waals surface area contributed by atoms with Crippen molar-refractivity contribution >= 4 is 23.3 Å². The molecule has 0 unspecified atom stereocenters. The van der Waals surface area contributed by atoms with Crippen LogP contribution in [0.5, 0.6) is 0 Å². The summed E-state index contributed by atoms with van der Waals surface area (Å²) < 4.78 is 3.16. The SMILES string of the molecule is Cc1cccc2c1[nH]c(=S)n2CCC1CCC(C)CC1. The molecular weight excluding hydrogens is 264 g/mol. The molecule has 3 rings (SSSR count). The van der Waals surface area contributed by atoms with Crippen molar-refractivity contribution in [2.45, 2.75) is 52.5 Å². The summed E-state index contributed by atoms with van der Waals surface area (Å²) in [5, 5.41) is 0. The zero-order chi connectivity index (χ0) is 14.1. The highest BCUT2D eigenvalue weighted by molar-refractivity contribution is 7.71. The predicted octanol–water partition coefficient (Wildman–Crippen LogP) is 5.22. The summed E-state index contributed by atoms with van der Waals surface area (Å²) in [6, 6.07) is 6.44. The molecule has 0 aliphatic heterocycles. The zero-order valence-electron chi connectivity index (χ0n) is 12.5. The molecule has 0 radical (unpaired) electrons. The second-order valence-corrected chi connectivity index (χ2v) is 6.85. The van der Waals surface area contributed by atoms with E-state index in [9.17, 15) is 0 Å². The first-order chi connectivity index (χ1) is 9.65. The van der Waals surface area contributed by atoms with Gasteiger partial charge in [-0.05, 0) is 49.0 Å². The van der Waals surface area contributed by atoms with E-state index in [1.807, 2.05) is 0 Å². The van der Waals surface area contributed by atoms with Crippen LogP contribution in [0.15, 0.2) is 18.2 Å². The average Bonchev–Trinajstić information content (AvgIpc) is 2.76. The molecule has 3 heteroatoms. The van der Waals surface area contributed by atoms with Crippen LogP contribution < -0.4 is 0 Å². The lowest BCUT2D eigenvalue weighted by atomic mass is 9.81. The first-order valence-electron chi connectivity index (χ1n) is 7.83. The second-order valence-electron chi connectivity index (χ2n) is 6.47. The Balaban J connectivity index is 1.76. The van der Waals surface area contributed by atoms with Gasteiger partial charge >= 0.3 is 0 Å². The number of hydrogen-bond acceptors (Lipinski definition) is 1. The highest BCUT2D eigenvalue weighted by Gasteiger charge is 2.18. The molecule has 0 saturated heterocycles. The largest absolute Gasteiger partial charge is 0.330 e. The third-order valence-corrected chi connectivity index (χ3v) is 5.24. The van der Waals surface area contributed by atoms with E-state index in [0.717, 1.165) is 23.2 Å². The lowest BCUT2D eigenvalue weighted by Gasteiger charge is -2.26. The van der Waals surface area contributed by atoms with Crippen molar-refractivity contribution in [1.82, 2.24) is 9.55 Å². The number of nitrogens with one attached hydrogen (secondary N) is 1. The van der Waals surface area contributed by atoms with E-state index in [0.29, 0.717) is 0 Å². The number of aromatic amines is 1. The van der Waals surface area contributed by atoms with Crippen molar-refractivity contribution in [3.8, 4) is 0 Å². The first kappa shape index (κ1) is 13.9. The maximum absolute atomic E-state index is 5.51. The minimum Gasteiger partial charge on any atom is -0.330 e. The van der Waals surface area contributed by atoms with Gasteiger partial charge in [-0.15, -0.1) is 0 Å². The third kappa shape index (κ3) is 2.69. The van der Waals surface area contributed by atoms with Crippen LogP contribution in [0.3, 0.4) is 0 Å². The van der Waals surface area contributed by atoms with Crippen molar-refractivity contribution < 1.29 is 0 Å². The molecule has 0 atom stereocenters. The summed E-state index contributed by atoms with van der Waals surface area (Å²) in [6.07, 6.45) is 6.87. The summed E-state index contributed by atoms with van der Waals surface area (Å²) in [6.45, 7) is 5.58. The molecule has 0 bridgehead atoms. The van der Waals surface area contributed by atoms with Gasteiger partial charge in [-0.25, -0.2) is 0 Å². The minimum atomic E-state index is 0.874. The van der Waals surface area contributed by atoms with Gasteiger partial charge in [0.15, 0.2) is 4.77 Å². The Morgan fingerprint density at radius 2 is 2.00 bits per heavy atom. The van der Waals surface area contributed by atoms with Crippen molar-refractivity contribution in [1.29, 1.82) is 0 Å². The summed E-state index contributed by atoms with van der Waals surface area (Å²) in [5.74, 6) is 1.83. The summed E-state index contributed by atoms with van der Waals surface area (Å²) in [5.41, 5.74) is 3.74. The Hall–Kier alpha value is -1.09. The van der Waals surface area contributed by atoms with Crippen LogP contribution in [-0.2, 0) is 6.54 Å². The van der Waals surface area contributed by atoms with Crippen LogP contribution in [0.25, 0.3) is 11.0 Å². The Labute approximate surface area is 126 Å². The van der Waals surface area contributed by atoms with E-state index >= 15 is 0 Å². The summed E-state index contributed by atoms with van der Waals surface area (Å²) in [7, 11) is 0. The number of H-pyrrole nitrogens is 1. The number of hydrogen-bond donors (Lipinski definition) is 1. The Bertz CT molecular complexity index is 645. The Morgan fingerprint density at radius 3 is 2.75 bits per heavy atom. The number of aryl methyl sites for hydroxylation is 2. The zero-order valence-corrected chi connectivity index (χ0v) is 13.3. The lowest BCUT2D eigenvalue weighted by Crippen LogP contribution is -2.14. The smallest absolute Gasteiger partial charge is 0.178 e. The van der Waals surface area contributed by atoms with E-state index in [1.54, 1.807) is 0 Å². The van der Waals surface area contributed by atoms with E-state index in [2.05, 4.69) is 41.6 Å². The van der Waals surface area contributed by atoms with Crippen LogP contribution in [0.1, 0.15) is 44.6 Å². The average molecular weight is 288 g/mol. The normalized spacial score (nSPS) is 23.3. The molecule has 1 heterocycles. The van der Waals surface area contributed by atoms with E-state index < -0.39 is 0 Å². The van der Waals surface area contributed by atoms with Crippen LogP contribution >= 0.6 is 12.2 Å². The van der Waals surface area contributed by atoms with Crippen molar-refractivity contribution in [2.24, 2.45) is 11.8 Å². The third-order valence-electron chi connectivity index (χ3n) is 4.92. The first-order valence-corrected chi connectivity index (χ1v) is 8.24. The number of benzene rings is 1. The number of imidazole rings is 1. The topological polar surface area (TPSA) is 20.7 Å². The fourth-order valence-electron chi connectivity index (χ4n) is 3.48. The Kier molecular flexibility index (Phi) is 3.97. The van der Waals surface area contributed by atoms with Crippen molar-refractivity contribution in [3.05, 3.63) is 28.5 Å². The van der Waals surface area contributed by atoms with Gasteiger partial charge in [0.2, 0.25) is 0 Å². The monoisotopic (exact) mass is 288 g/mol. The number of rotatable bonds is 3. The number of aromatic nitrogens is 2. The molecule has 1 N–H and O–H groups in total. The van der Waals surface area contributed by atoms with E-state index in [-0.39, 0.29) is 0 Å². The molecule has 0 spiro atoms. The fourth-order valence-corrected chi connectivity index (χ4v) is 3.77. The standard InChI is InChI=1S/C17H24N2S/c1-12-6-8-14(9-7-12)10-11-19-15-5-3-4-13(2)16(15)18-17(19)20/h3-5,12,14H,6-11H2,1-2H3,(H,18,20). The molecule has 2 nitrogen and oxygen atoms in total. The van der Waals surface area contributed by atoms with Crippen LogP contribution in [0.2, 0.25) is 0 Å². The number of fused-ring (bicyclic) bond motifs is 1. The molecule has 1 aromatic heterocycles. The van der Waals surface area contributed by atoms with Crippen LogP contribution in [-0.4, -0.2) is 9.55 Å². The molecule has 20 heavy (non-hydrogen) atoms. The van der Waals surface area contributed by atoms with Gasteiger partial charge in [0.05, 0.1) is 11.0 Å². The molecular formula is C17H24N2S. The van der Waals surface area contributed by atoms with Gasteiger partial charge in [0.25, 0.3) is 0 Å². The van der Waals surface area contributed by atoms with Gasteiger partial charge in [-0.1, -0.05) is 44.7 Å². The molecule has 1 saturated carbocycles. The fraction of sp³-hybridized carbons (Fsp3) is 0.588. The molecule has 1 aliphatic carbocycles. The predicted molar refractivity (Wildman–Crippen MR) is 87.6 cm³/mol. The Morgan fingerprint density at radius 1 is 1.25 bits per heavy atom. The van der Waals surface area contributed by atoms with Crippen LogP contribution in [0, 0.1) is 23.5 Å². The molecule has 1 aliphatic rings. The molecule has 108 valence electrons. The van der Waals surface area contributed by atoms with Gasteiger partial charge in [0, 0.05) is 6.54 Å². The van der Waals surface area contributed by atoms with Gasteiger partial charge < -0.3 is 9.55 Å². The van der Waals surface area contributed by atoms with E-state index in [4.69, 9.17) is 12.2 Å². The second kappa shape index (κ2) is 5.72. The van der Waals surface area contributed by atoms with Gasteiger partial charge in [-0.2, -0.15) is 0 Å². The van der Waals surface area contributed by atoms with Crippen molar-refractivity contribution in [3.63, 3.8) is 0 Å².